The molecule has 2 amide bonds. The SMILES string of the molecule is CC(=O)N1CCC(n2ncc3c2CN(C(=O)c2ccn(CCO)c2C)C3)CC1. The molecule has 2 aliphatic rings. The molecule has 0 unspecified atom stereocenters. The van der Waals surface area contributed by atoms with Gasteiger partial charge in [0.2, 0.25) is 5.91 Å². The number of hydrogen-bond acceptors (Lipinski definition) is 4. The zero-order valence-electron chi connectivity index (χ0n) is 16.5. The van der Waals surface area contributed by atoms with Crippen molar-refractivity contribution < 1.29 is 14.7 Å². The number of amides is 2. The first-order valence-electron chi connectivity index (χ1n) is 9.86. The lowest BCUT2D eigenvalue weighted by Gasteiger charge is -2.32. The summed E-state index contributed by atoms with van der Waals surface area (Å²) in [7, 11) is 0. The van der Waals surface area contributed by atoms with Gasteiger partial charge >= 0.3 is 0 Å². The zero-order chi connectivity index (χ0) is 19.8. The van der Waals surface area contributed by atoms with Crippen LogP contribution in [0.4, 0.5) is 0 Å². The minimum Gasteiger partial charge on any atom is -0.395 e. The first-order valence-corrected chi connectivity index (χ1v) is 9.86. The largest absolute Gasteiger partial charge is 0.395 e. The van der Waals surface area contributed by atoms with Crippen LogP contribution < -0.4 is 0 Å². The van der Waals surface area contributed by atoms with Crippen molar-refractivity contribution in [1.29, 1.82) is 0 Å². The quantitative estimate of drug-likeness (QED) is 0.861. The molecular formula is C20H27N5O3. The van der Waals surface area contributed by atoms with E-state index >= 15 is 0 Å². The number of hydrogen-bond donors (Lipinski definition) is 1. The van der Waals surface area contributed by atoms with Gasteiger partial charge in [-0.05, 0) is 25.8 Å². The molecule has 4 heterocycles. The van der Waals surface area contributed by atoms with Crippen LogP contribution in [0.15, 0.2) is 18.5 Å². The van der Waals surface area contributed by atoms with E-state index in [1.54, 1.807) is 6.92 Å². The minimum absolute atomic E-state index is 0.0170. The van der Waals surface area contributed by atoms with E-state index in [0.717, 1.165) is 42.9 Å². The van der Waals surface area contributed by atoms with Gasteiger partial charge in [0, 0.05) is 50.6 Å². The van der Waals surface area contributed by atoms with Crippen molar-refractivity contribution in [3.63, 3.8) is 0 Å². The number of rotatable bonds is 4. The van der Waals surface area contributed by atoms with Crippen molar-refractivity contribution in [3.8, 4) is 0 Å². The van der Waals surface area contributed by atoms with E-state index in [2.05, 4.69) is 9.78 Å². The van der Waals surface area contributed by atoms with Gasteiger partial charge in [0.1, 0.15) is 0 Å². The Hall–Kier alpha value is -2.61. The molecule has 28 heavy (non-hydrogen) atoms. The molecular weight excluding hydrogens is 358 g/mol. The maximum absolute atomic E-state index is 13.0. The molecule has 2 aliphatic heterocycles. The van der Waals surface area contributed by atoms with Crippen molar-refractivity contribution in [1.82, 2.24) is 24.1 Å². The van der Waals surface area contributed by atoms with Crippen LogP contribution in [0.3, 0.4) is 0 Å². The van der Waals surface area contributed by atoms with Crippen LogP contribution in [0.5, 0.6) is 0 Å². The van der Waals surface area contributed by atoms with Gasteiger partial charge < -0.3 is 19.5 Å². The first kappa shape index (κ1) is 18.7. The fourth-order valence-corrected chi connectivity index (χ4v) is 4.35. The lowest BCUT2D eigenvalue weighted by Crippen LogP contribution is -2.38. The van der Waals surface area contributed by atoms with Crippen molar-refractivity contribution in [3.05, 3.63) is 41.0 Å². The molecule has 0 spiro atoms. The topological polar surface area (TPSA) is 83.6 Å². The first-order chi connectivity index (χ1) is 13.5. The lowest BCUT2D eigenvalue weighted by atomic mass is 10.0. The number of nitrogens with zero attached hydrogens (tertiary/aromatic N) is 5. The van der Waals surface area contributed by atoms with Gasteiger partial charge in [0.15, 0.2) is 0 Å². The van der Waals surface area contributed by atoms with Crippen LogP contribution in [0.2, 0.25) is 0 Å². The number of aliphatic hydroxyl groups is 1. The molecule has 4 rings (SSSR count). The molecule has 1 N–H and O–H groups in total. The summed E-state index contributed by atoms with van der Waals surface area (Å²) in [5, 5.41) is 13.7. The molecule has 8 heteroatoms. The van der Waals surface area contributed by atoms with E-state index in [-0.39, 0.29) is 24.5 Å². The van der Waals surface area contributed by atoms with Gasteiger partial charge in [-0.1, -0.05) is 0 Å². The van der Waals surface area contributed by atoms with E-state index in [9.17, 15) is 9.59 Å². The van der Waals surface area contributed by atoms with E-state index in [4.69, 9.17) is 5.11 Å². The third-order valence-corrected chi connectivity index (χ3v) is 6.04. The number of carbonyl (C=O) groups is 2. The highest BCUT2D eigenvalue weighted by molar-refractivity contribution is 5.95. The van der Waals surface area contributed by atoms with E-state index < -0.39 is 0 Å². The Balaban J connectivity index is 1.46. The van der Waals surface area contributed by atoms with Gasteiger partial charge in [0.05, 0.1) is 36.6 Å². The van der Waals surface area contributed by atoms with Gasteiger partial charge in [-0.3, -0.25) is 14.3 Å². The fourth-order valence-electron chi connectivity index (χ4n) is 4.35. The molecule has 0 saturated carbocycles. The normalized spacial score (nSPS) is 17.2. The van der Waals surface area contributed by atoms with Crippen LogP contribution in [-0.4, -0.2) is 60.8 Å². The minimum atomic E-state index is 0.0170. The second-order valence-electron chi connectivity index (χ2n) is 7.69. The molecule has 0 aromatic carbocycles. The summed E-state index contributed by atoms with van der Waals surface area (Å²) in [4.78, 5) is 28.3. The van der Waals surface area contributed by atoms with Crippen LogP contribution in [0.25, 0.3) is 0 Å². The number of piperidine rings is 1. The van der Waals surface area contributed by atoms with E-state index in [1.807, 2.05) is 39.8 Å². The summed E-state index contributed by atoms with van der Waals surface area (Å²) in [5.74, 6) is 0.146. The van der Waals surface area contributed by atoms with Gasteiger partial charge in [-0.15, -0.1) is 0 Å². The van der Waals surface area contributed by atoms with Crippen molar-refractivity contribution in [2.45, 2.75) is 52.4 Å². The Bertz CT molecular complexity index is 892. The van der Waals surface area contributed by atoms with Crippen LogP contribution >= 0.6 is 0 Å². The molecule has 2 aromatic rings. The number of aromatic nitrogens is 3. The Kier molecular flexibility index (Phi) is 4.97. The average molecular weight is 385 g/mol. The Labute approximate surface area is 164 Å². The second kappa shape index (κ2) is 7.43. The molecule has 150 valence electrons. The predicted molar refractivity (Wildman–Crippen MR) is 103 cm³/mol. The molecule has 0 bridgehead atoms. The van der Waals surface area contributed by atoms with Crippen molar-refractivity contribution in [2.24, 2.45) is 0 Å². The van der Waals surface area contributed by atoms with Gasteiger partial charge in [0.25, 0.3) is 5.91 Å². The summed E-state index contributed by atoms with van der Waals surface area (Å²) in [5.41, 5.74) is 3.79. The van der Waals surface area contributed by atoms with Crippen molar-refractivity contribution >= 4 is 11.8 Å². The fraction of sp³-hybridized carbons (Fsp3) is 0.550. The zero-order valence-corrected chi connectivity index (χ0v) is 16.5. The summed E-state index contributed by atoms with van der Waals surface area (Å²) in [6.07, 6.45) is 5.52. The number of carbonyl (C=O) groups excluding carboxylic acids is 2. The molecule has 8 nitrogen and oxygen atoms in total. The molecule has 0 radical (unpaired) electrons. The van der Waals surface area contributed by atoms with Crippen LogP contribution in [-0.2, 0) is 24.4 Å². The van der Waals surface area contributed by atoms with Crippen molar-refractivity contribution in [2.75, 3.05) is 19.7 Å². The highest BCUT2D eigenvalue weighted by atomic mass is 16.3. The summed E-state index contributed by atoms with van der Waals surface area (Å²) in [6.45, 7) is 6.73. The second-order valence-corrected chi connectivity index (χ2v) is 7.69. The molecule has 0 atom stereocenters. The third-order valence-electron chi connectivity index (χ3n) is 6.04. The molecule has 0 aliphatic carbocycles. The summed E-state index contributed by atoms with van der Waals surface area (Å²) in [6, 6.07) is 2.11. The summed E-state index contributed by atoms with van der Waals surface area (Å²) >= 11 is 0. The van der Waals surface area contributed by atoms with Gasteiger partial charge in [-0.2, -0.15) is 5.10 Å². The number of likely N-dealkylation sites (tertiary alicyclic amines) is 1. The monoisotopic (exact) mass is 385 g/mol. The number of aliphatic hydroxyl groups excluding tert-OH is 1. The Morgan fingerprint density at radius 2 is 1.96 bits per heavy atom. The lowest BCUT2D eigenvalue weighted by molar-refractivity contribution is -0.130. The average Bonchev–Trinajstić information content (AvgIpc) is 3.37. The molecule has 2 aromatic heterocycles. The maximum Gasteiger partial charge on any atom is 0.256 e. The predicted octanol–water partition coefficient (Wildman–Crippen LogP) is 1.32. The third kappa shape index (κ3) is 3.22. The molecule has 1 fully saturated rings. The maximum atomic E-state index is 13.0. The number of fused-ring (bicyclic) bond motifs is 1. The van der Waals surface area contributed by atoms with Crippen LogP contribution in [0, 0.1) is 6.92 Å². The highest BCUT2D eigenvalue weighted by Gasteiger charge is 2.32. The standard InChI is InChI=1S/C20H27N5O3/c1-14-18(5-8-22(14)9-10-26)20(28)24-12-16-11-21-25(19(16)13-24)17-3-6-23(7-4-17)15(2)27/h5,8,11,17,26H,3-4,6-7,9-10,12-13H2,1-2H3. The van der Waals surface area contributed by atoms with Crippen LogP contribution in [0.1, 0.15) is 53.1 Å². The Morgan fingerprint density at radius 1 is 1.21 bits per heavy atom. The Morgan fingerprint density at radius 3 is 2.64 bits per heavy atom. The summed E-state index contributed by atoms with van der Waals surface area (Å²) < 4.78 is 3.98. The highest BCUT2D eigenvalue weighted by Crippen LogP contribution is 2.30. The van der Waals surface area contributed by atoms with E-state index in [1.165, 1.54) is 0 Å². The molecule has 1 saturated heterocycles. The smallest absolute Gasteiger partial charge is 0.256 e. The van der Waals surface area contributed by atoms with E-state index in [0.29, 0.717) is 25.2 Å². The van der Waals surface area contributed by atoms with Gasteiger partial charge in [-0.25, -0.2) is 0 Å².